The maximum Gasteiger partial charge on any atom is 0.312 e. The topological polar surface area (TPSA) is 125 Å². The molecule has 3 N–H and O–H groups in total. The van der Waals surface area contributed by atoms with Crippen molar-refractivity contribution in [1.82, 2.24) is 5.16 Å². The number of hydrogen-bond acceptors (Lipinski definition) is 7. The lowest BCUT2D eigenvalue weighted by Gasteiger charge is -2.13. The van der Waals surface area contributed by atoms with Crippen LogP contribution in [0.4, 0.5) is 5.00 Å². The Morgan fingerprint density at radius 3 is 2.90 bits per heavy atom. The summed E-state index contributed by atoms with van der Waals surface area (Å²) in [7, 11) is 0. The van der Waals surface area contributed by atoms with Crippen LogP contribution in [0.5, 0.6) is 0 Å². The lowest BCUT2D eigenvalue weighted by atomic mass is 10.1. The number of carbonyl (C=O) groups excluding carboxylic acids is 3. The largest absolute Gasteiger partial charge is 0.452 e. The van der Waals surface area contributed by atoms with E-state index >= 15 is 0 Å². The molecule has 0 fully saturated rings. The summed E-state index contributed by atoms with van der Waals surface area (Å²) in [5.41, 5.74) is 7.81. The van der Waals surface area contributed by atoms with Crippen LogP contribution in [-0.4, -0.2) is 29.0 Å². The number of rotatable bonds is 6. The monoisotopic (exact) mass is 413 g/mol. The summed E-state index contributed by atoms with van der Waals surface area (Å²) in [4.78, 5) is 37.7. The summed E-state index contributed by atoms with van der Waals surface area (Å²) < 4.78 is 10.4. The second-order valence-corrected chi connectivity index (χ2v) is 7.95. The fourth-order valence-electron chi connectivity index (χ4n) is 3.46. The molecule has 2 amide bonds. The molecule has 1 aliphatic carbocycles. The van der Waals surface area contributed by atoms with E-state index in [0.717, 1.165) is 35.1 Å². The van der Waals surface area contributed by atoms with Crippen molar-refractivity contribution < 1.29 is 23.6 Å². The van der Waals surface area contributed by atoms with Crippen molar-refractivity contribution in [2.75, 3.05) is 5.32 Å². The van der Waals surface area contributed by atoms with Gasteiger partial charge in [-0.3, -0.25) is 14.4 Å². The molecule has 2 heterocycles. The second-order valence-electron chi connectivity index (χ2n) is 6.85. The molecule has 3 aromatic rings. The minimum atomic E-state index is -1.04. The third kappa shape index (κ3) is 3.73. The van der Waals surface area contributed by atoms with E-state index in [0.29, 0.717) is 21.8 Å². The number of benzene rings is 1. The molecule has 4 rings (SSSR count). The van der Waals surface area contributed by atoms with Gasteiger partial charge in [-0.2, -0.15) is 0 Å². The van der Waals surface area contributed by atoms with Crippen LogP contribution in [0.1, 0.15) is 39.8 Å². The van der Waals surface area contributed by atoms with Crippen molar-refractivity contribution >= 4 is 45.1 Å². The first kappa shape index (κ1) is 19.1. The molecule has 8 nitrogen and oxygen atoms in total. The van der Waals surface area contributed by atoms with Crippen LogP contribution in [0.15, 0.2) is 28.8 Å². The van der Waals surface area contributed by atoms with Crippen LogP contribution >= 0.6 is 11.3 Å². The van der Waals surface area contributed by atoms with Gasteiger partial charge < -0.3 is 20.3 Å². The SMILES string of the molecule is C[C@H](OC(=O)Cc1noc2ccccc12)C(=O)Nc1sc2c(c1C(N)=O)CCC2. The Kier molecular flexibility index (Phi) is 5.06. The number of amides is 2. The minimum absolute atomic E-state index is 0.117. The van der Waals surface area contributed by atoms with E-state index < -0.39 is 23.9 Å². The second kappa shape index (κ2) is 7.67. The number of ether oxygens (including phenoxy) is 1. The summed E-state index contributed by atoms with van der Waals surface area (Å²) in [6.45, 7) is 1.47. The van der Waals surface area contributed by atoms with E-state index in [4.69, 9.17) is 15.0 Å². The molecule has 0 aliphatic heterocycles. The van der Waals surface area contributed by atoms with Crippen molar-refractivity contribution in [3.8, 4) is 0 Å². The van der Waals surface area contributed by atoms with Gasteiger partial charge in [0.1, 0.15) is 10.7 Å². The number of nitrogens with two attached hydrogens (primary N) is 1. The summed E-state index contributed by atoms with van der Waals surface area (Å²) in [5.74, 6) is -1.69. The molecule has 1 atom stereocenters. The normalized spacial score (nSPS) is 13.8. The summed E-state index contributed by atoms with van der Waals surface area (Å²) in [6, 6.07) is 7.18. The van der Waals surface area contributed by atoms with Crippen molar-refractivity contribution in [3.05, 3.63) is 46.0 Å². The number of carbonyl (C=O) groups is 3. The molecular formula is C20H19N3O5S. The fraction of sp³-hybridized carbons (Fsp3) is 0.300. The van der Waals surface area contributed by atoms with E-state index in [1.807, 2.05) is 12.1 Å². The van der Waals surface area contributed by atoms with Gasteiger partial charge in [0.25, 0.3) is 11.8 Å². The standard InChI is InChI=1S/C20H19N3O5S/c1-10(27-16(24)9-13-11-5-2-3-7-14(11)28-23-13)19(26)22-20-17(18(21)25)12-6-4-8-15(12)29-20/h2-3,5,7,10H,4,6,8-9H2,1H3,(H2,21,25)(H,22,26)/t10-/m0/s1. The number of primary amides is 1. The van der Waals surface area contributed by atoms with Gasteiger partial charge in [0, 0.05) is 10.3 Å². The van der Waals surface area contributed by atoms with Gasteiger partial charge in [-0.1, -0.05) is 17.3 Å². The van der Waals surface area contributed by atoms with Crippen LogP contribution < -0.4 is 11.1 Å². The van der Waals surface area contributed by atoms with Crippen LogP contribution in [0.25, 0.3) is 11.0 Å². The maximum absolute atomic E-state index is 12.5. The van der Waals surface area contributed by atoms with E-state index in [9.17, 15) is 14.4 Å². The Bertz CT molecular complexity index is 1120. The minimum Gasteiger partial charge on any atom is -0.452 e. The number of esters is 1. The summed E-state index contributed by atoms with van der Waals surface area (Å²) in [5, 5.41) is 7.71. The highest BCUT2D eigenvalue weighted by molar-refractivity contribution is 7.17. The van der Waals surface area contributed by atoms with Gasteiger partial charge in [0.05, 0.1) is 12.0 Å². The molecule has 0 bridgehead atoms. The molecule has 0 spiro atoms. The third-order valence-electron chi connectivity index (χ3n) is 4.85. The number of aromatic nitrogens is 1. The number of thiophene rings is 1. The number of fused-ring (bicyclic) bond motifs is 2. The van der Waals surface area contributed by atoms with E-state index in [1.165, 1.54) is 18.3 Å². The Labute approximate surface area is 170 Å². The maximum atomic E-state index is 12.5. The van der Waals surface area contributed by atoms with Gasteiger partial charge in [-0.15, -0.1) is 11.3 Å². The third-order valence-corrected chi connectivity index (χ3v) is 6.05. The highest BCUT2D eigenvalue weighted by atomic mass is 32.1. The van der Waals surface area contributed by atoms with E-state index in [-0.39, 0.29) is 6.42 Å². The molecule has 9 heteroatoms. The van der Waals surface area contributed by atoms with Gasteiger partial charge in [0.2, 0.25) is 0 Å². The molecule has 2 aromatic heterocycles. The average molecular weight is 413 g/mol. The predicted molar refractivity (Wildman–Crippen MR) is 107 cm³/mol. The van der Waals surface area contributed by atoms with Crippen LogP contribution in [0, 0.1) is 0 Å². The molecule has 0 radical (unpaired) electrons. The van der Waals surface area contributed by atoms with E-state index in [1.54, 1.807) is 12.1 Å². The molecule has 1 aromatic carbocycles. The van der Waals surface area contributed by atoms with Gasteiger partial charge in [-0.05, 0) is 43.9 Å². The molecule has 0 unspecified atom stereocenters. The molecule has 0 saturated heterocycles. The number of anilines is 1. The number of nitrogens with one attached hydrogen (secondary N) is 1. The summed E-state index contributed by atoms with van der Waals surface area (Å²) >= 11 is 1.35. The first-order valence-electron chi connectivity index (χ1n) is 9.22. The van der Waals surface area contributed by atoms with Gasteiger partial charge >= 0.3 is 5.97 Å². The van der Waals surface area contributed by atoms with E-state index in [2.05, 4.69) is 10.5 Å². The van der Waals surface area contributed by atoms with Crippen LogP contribution in [0.2, 0.25) is 0 Å². The van der Waals surface area contributed by atoms with Gasteiger partial charge in [0.15, 0.2) is 11.7 Å². The Hall–Kier alpha value is -3.20. The average Bonchev–Trinajstić information content (AvgIpc) is 3.36. The van der Waals surface area contributed by atoms with Crippen molar-refractivity contribution in [3.63, 3.8) is 0 Å². The number of nitrogens with zero attached hydrogens (tertiary/aromatic N) is 1. The zero-order valence-corrected chi connectivity index (χ0v) is 16.5. The highest BCUT2D eigenvalue weighted by Gasteiger charge is 2.28. The smallest absolute Gasteiger partial charge is 0.312 e. The molecule has 0 saturated carbocycles. The fourth-order valence-corrected chi connectivity index (χ4v) is 4.76. The quantitative estimate of drug-likeness (QED) is 0.599. The lowest BCUT2D eigenvalue weighted by Crippen LogP contribution is -2.31. The Morgan fingerprint density at radius 1 is 1.31 bits per heavy atom. The number of para-hydroxylation sites is 1. The lowest BCUT2D eigenvalue weighted by molar-refractivity contribution is -0.152. The first-order valence-corrected chi connectivity index (χ1v) is 10.0. The van der Waals surface area contributed by atoms with Crippen LogP contribution in [0.3, 0.4) is 0 Å². The molecular weight excluding hydrogens is 394 g/mol. The number of aryl methyl sites for hydroxylation is 1. The Morgan fingerprint density at radius 2 is 2.10 bits per heavy atom. The van der Waals surface area contributed by atoms with Crippen molar-refractivity contribution in [2.45, 2.75) is 38.7 Å². The molecule has 1 aliphatic rings. The highest BCUT2D eigenvalue weighted by Crippen LogP contribution is 2.38. The number of hydrogen-bond donors (Lipinski definition) is 2. The van der Waals surface area contributed by atoms with Crippen LogP contribution in [-0.2, 0) is 33.6 Å². The Balaban J connectivity index is 1.41. The van der Waals surface area contributed by atoms with Crippen molar-refractivity contribution in [2.24, 2.45) is 5.73 Å². The predicted octanol–water partition coefficient (Wildman–Crippen LogP) is 2.59. The summed E-state index contributed by atoms with van der Waals surface area (Å²) in [6.07, 6.45) is 1.45. The molecule has 150 valence electrons. The molecule has 29 heavy (non-hydrogen) atoms. The zero-order valence-electron chi connectivity index (χ0n) is 15.7. The first-order chi connectivity index (χ1) is 13.9. The van der Waals surface area contributed by atoms with Gasteiger partial charge in [-0.25, -0.2) is 0 Å². The van der Waals surface area contributed by atoms with Crippen molar-refractivity contribution in [1.29, 1.82) is 0 Å². The zero-order chi connectivity index (χ0) is 20.5.